The first kappa shape index (κ1) is 17.6. The molecule has 1 rings (SSSR count). The molecule has 2 unspecified atom stereocenters. The predicted octanol–water partition coefficient (Wildman–Crippen LogP) is 2.87. The molecule has 0 aliphatic carbocycles. The van der Waals surface area contributed by atoms with Crippen molar-refractivity contribution in [2.45, 2.75) is 45.3 Å². The minimum Gasteiger partial charge on any atom is -0.493 e. The van der Waals surface area contributed by atoms with Crippen molar-refractivity contribution in [3.8, 4) is 11.5 Å². The summed E-state index contributed by atoms with van der Waals surface area (Å²) in [6, 6.07) is 3.23. The Morgan fingerprint density at radius 1 is 1.48 bits per heavy atom. The van der Waals surface area contributed by atoms with Crippen LogP contribution < -0.4 is 15.2 Å². The van der Waals surface area contributed by atoms with E-state index in [-0.39, 0.29) is 6.04 Å². The summed E-state index contributed by atoms with van der Waals surface area (Å²) in [7, 11) is 1.49. The van der Waals surface area contributed by atoms with Gasteiger partial charge in [-0.15, -0.1) is 0 Å². The van der Waals surface area contributed by atoms with Gasteiger partial charge in [-0.25, -0.2) is 4.79 Å². The van der Waals surface area contributed by atoms with Crippen LogP contribution in [0.2, 0.25) is 5.02 Å². The van der Waals surface area contributed by atoms with E-state index in [0.717, 1.165) is 5.56 Å². The first-order valence-corrected chi connectivity index (χ1v) is 7.28. The first-order valence-electron chi connectivity index (χ1n) is 6.90. The summed E-state index contributed by atoms with van der Waals surface area (Å²) in [4.78, 5) is 11.3. The number of methoxy groups -OCH3 is 1. The number of carboxylic acids is 1. The van der Waals surface area contributed by atoms with E-state index < -0.39 is 12.1 Å². The summed E-state index contributed by atoms with van der Waals surface area (Å²) in [5, 5.41) is 9.74. The molecule has 0 saturated carbocycles. The summed E-state index contributed by atoms with van der Waals surface area (Å²) in [5.41, 5.74) is 6.58. The molecule has 0 amide bonds. The van der Waals surface area contributed by atoms with Crippen LogP contribution in [0.4, 0.5) is 0 Å². The van der Waals surface area contributed by atoms with E-state index in [2.05, 4.69) is 0 Å². The van der Waals surface area contributed by atoms with Gasteiger partial charge >= 0.3 is 5.97 Å². The molecule has 118 valence electrons. The standard InChI is InChI=1S/C15H22ClNO4/c1-4-5-12(15(18)19)21-14-10(6-9(2)17)7-11(16)8-13(14)20-3/h7-9,12H,4-6,17H2,1-3H3,(H,18,19). The van der Waals surface area contributed by atoms with Crippen LogP contribution in [0.15, 0.2) is 12.1 Å². The number of rotatable bonds is 8. The Balaban J connectivity index is 3.20. The molecule has 0 aliphatic heterocycles. The Bertz CT molecular complexity index is 491. The van der Waals surface area contributed by atoms with Crippen LogP contribution in [-0.2, 0) is 11.2 Å². The number of benzene rings is 1. The monoisotopic (exact) mass is 315 g/mol. The third-order valence-electron chi connectivity index (χ3n) is 2.94. The topological polar surface area (TPSA) is 81.8 Å². The van der Waals surface area contributed by atoms with Gasteiger partial charge in [0.25, 0.3) is 0 Å². The van der Waals surface area contributed by atoms with Crippen molar-refractivity contribution in [1.82, 2.24) is 0 Å². The molecule has 0 radical (unpaired) electrons. The molecule has 0 aliphatic rings. The van der Waals surface area contributed by atoms with Crippen LogP contribution in [0.1, 0.15) is 32.3 Å². The molecule has 6 heteroatoms. The number of carbonyl (C=O) groups is 1. The SMILES string of the molecule is CCCC(Oc1c(CC(C)N)cc(Cl)cc1OC)C(=O)O. The van der Waals surface area contributed by atoms with Gasteiger partial charge in [0.2, 0.25) is 0 Å². The molecule has 2 atom stereocenters. The van der Waals surface area contributed by atoms with Crippen LogP contribution in [0.5, 0.6) is 11.5 Å². The normalized spacial score (nSPS) is 13.6. The van der Waals surface area contributed by atoms with Crippen LogP contribution in [0.25, 0.3) is 0 Å². The lowest BCUT2D eigenvalue weighted by Gasteiger charge is -2.20. The fourth-order valence-electron chi connectivity index (χ4n) is 2.04. The van der Waals surface area contributed by atoms with Crippen molar-refractivity contribution in [3.05, 3.63) is 22.7 Å². The summed E-state index contributed by atoms with van der Waals surface area (Å²) in [6.45, 7) is 3.76. The lowest BCUT2D eigenvalue weighted by atomic mass is 10.1. The Kier molecular flexibility index (Phi) is 6.78. The molecule has 0 spiro atoms. The van der Waals surface area contributed by atoms with Gasteiger partial charge in [-0.3, -0.25) is 0 Å². The van der Waals surface area contributed by atoms with E-state index >= 15 is 0 Å². The van der Waals surface area contributed by atoms with Gasteiger partial charge < -0.3 is 20.3 Å². The Morgan fingerprint density at radius 3 is 2.62 bits per heavy atom. The van der Waals surface area contributed by atoms with Gasteiger partial charge in [-0.2, -0.15) is 0 Å². The van der Waals surface area contributed by atoms with Gasteiger partial charge in [0.1, 0.15) is 0 Å². The molecule has 21 heavy (non-hydrogen) atoms. The highest BCUT2D eigenvalue weighted by atomic mass is 35.5. The van der Waals surface area contributed by atoms with Crippen molar-refractivity contribution < 1.29 is 19.4 Å². The number of ether oxygens (including phenoxy) is 2. The molecular formula is C15H22ClNO4. The highest BCUT2D eigenvalue weighted by Crippen LogP contribution is 2.36. The van der Waals surface area contributed by atoms with Crippen molar-refractivity contribution >= 4 is 17.6 Å². The second kappa shape index (κ2) is 8.10. The largest absolute Gasteiger partial charge is 0.493 e. The molecule has 1 aromatic rings. The predicted molar refractivity (Wildman–Crippen MR) is 82.3 cm³/mol. The Morgan fingerprint density at radius 2 is 2.14 bits per heavy atom. The summed E-state index contributed by atoms with van der Waals surface area (Å²) in [6.07, 6.45) is 0.718. The number of nitrogens with two attached hydrogens (primary N) is 1. The van der Waals surface area contributed by atoms with Crippen molar-refractivity contribution in [1.29, 1.82) is 0 Å². The minimum absolute atomic E-state index is 0.107. The number of aliphatic carboxylic acids is 1. The fraction of sp³-hybridized carbons (Fsp3) is 0.533. The molecule has 0 fully saturated rings. The van der Waals surface area contributed by atoms with Crippen LogP contribution in [-0.4, -0.2) is 30.3 Å². The van der Waals surface area contributed by atoms with Gasteiger partial charge in [0.05, 0.1) is 7.11 Å². The third kappa shape index (κ3) is 5.10. The van der Waals surface area contributed by atoms with Crippen LogP contribution >= 0.6 is 11.6 Å². The average molecular weight is 316 g/mol. The summed E-state index contributed by atoms with van der Waals surface area (Å²) < 4.78 is 11.0. The molecule has 0 bridgehead atoms. The molecule has 3 N–H and O–H groups in total. The van der Waals surface area contributed by atoms with E-state index in [1.54, 1.807) is 12.1 Å². The number of hydrogen-bond acceptors (Lipinski definition) is 4. The smallest absolute Gasteiger partial charge is 0.344 e. The molecule has 0 heterocycles. The van der Waals surface area contributed by atoms with Gasteiger partial charge in [-0.1, -0.05) is 24.9 Å². The maximum absolute atomic E-state index is 11.3. The highest BCUT2D eigenvalue weighted by Gasteiger charge is 2.23. The van der Waals surface area contributed by atoms with Crippen molar-refractivity contribution in [2.24, 2.45) is 5.73 Å². The fourth-order valence-corrected chi connectivity index (χ4v) is 2.27. The Labute approximate surface area is 130 Å². The zero-order valence-electron chi connectivity index (χ0n) is 12.6. The molecular weight excluding hydrogens is 294 g/mol. The second-order valence-electron chi connectivity index (χ2n) is 5.01. The van der Waals surface area contributed by atoms with Gasteiger partial charge in [0, 0.05) is 22.7 Å². The van der Waals surface area contributed by atoms with Crippen LogP contribution in [0.3, 0.4) is 0 Å². The Hall–Kier alpha value is -1.46. The maximum Gasteiger partial charge on any atom is 0.344 e. The first-order chi connectivity index (χ1) is 9.88. The second-order valence-corrected chi connectivity index (χ2v) is 5.45. The average Bonchev–Trinajstić information content (AvgIpc) is 2.39. The number of carboxylic acid groups (broad SMARTS) is 1. The van der Waals surface area contributed by atoms with E-state index in [4.69, 9.17) is 26.8 Å². The molecule has 1 aromatic carbocycles. The van der Waals surface area contributed by atoms with E-state index in [0.29, 0.717) is 35.8 Å². The summed E-state index contributed by atoms with van der Waals surface area (Å²) in [5.74, 6) is -0.179. The molecule has 5 nitrogen and oxygen atoms in total. The molecule has 0 saturated heterocycles. The highest BCUT2D eigenvalue weighted by molar-refractivity contribution is 6.30. The zero-order valence-corrected chi connectivity index (χ0v) is 13.3. The van der Waals surface area contributed by atoms with E-state index in [1.807, 2.05) is 13.8 Å². The quantitative estimate of drug-likeness (QED) is 0.771. The molecule has 0 aromatic heterocycles. The number of hydrogen-bond donors (Lipinski definition) is 2. The van der Waals surface area contributed by atoms with Gasteiger partial charge in [0.15, 0.2) is 17.6 Å². The lowest BCUT2D eigenvalue weighted by molar-refractivity contribution is -0.145. The zero-order chi connectivity index (χ0) is 16.0. The van der Waals surface area contributed by atoms with Gasteiger partial charge in [-0.05, 0) is 25.8 Å². The van der Waals surface area contributed by atoms with E-state index in [9.17, 15) is 9.90 Å². The van der Waals surface area contributed by atoms with Crippen molar-refractivity contribution in [2.75, 3.05) is 7.11 Å². The minimum atomic E-state index is -0.999. The third-order valence-corrected chi connectivity index (χ3v) is 3.16. The van der Waals surface area contributed by atoms with E-state index in [1.165, 1.54) is 7.11 Å². The maximum atomic E-state index is 11.3. The summed E-state index contributed by atoms with van der Waals surface area (Å²) >= 11 is 6.05. The van der Waals surface area contributed by atoms with Crippen molar-refractivity contribution in [3.63, 3.8) is 0 Å². The lowest BCUT2D eigenvalue weighted by Crippen LogP contribution is -2.28. The number of halogens is 1. The van der Waals surface area contributed by atoms with Crippen LogP contribution in [0, 0.1) is 0 Å².